The van der Waals surface area contributed by atoms with Crippen LogP contribution in [-0.4, -0.2) is 33.0 Å². The average Bonchev–Trinajstić information content (AvgIpc) is 3.33. The minimum Gasteiger partial charge on any atom is -0.471 e. The minimum absolute atomic E-state index is 0.0129. The molecule has 0 radical (unpaired) electrons. The van der Waals surface area contributed by atoms with Gasteiger partial charge in [0.05, 0.1) is 32.8 Å². The molecule has 1 atom stereocenters. The van der Waals surface area contributed by atoms with Crippen molar-refractivity contribution in [3.8, 4) is 5.88 Å². The largest absolute Gasteiger partial charge is 0.471 e. The lowest BCUT2D eigenvalue weighted by molar-refractivity contribution is 0.0646. The number of hydrogen-bond acceptors (Lipinski definition) is 4. The highest BCUT2D eigenvalue weighted by molar-refractivity contribution is 5.94. The van der Waals surface area contributed by atoms with Gasteiger partial charge in [-0.25, -0.2) is 4.98 Å². The maximum absolute atomic E-state index is 13.3. The van der Waals surface area contributed by atoms with Crippen LogP contribution in [0.5, 0.6) is 5.88 Å². The predicted octanol–water partition coefficient (Wildman–Crippen LogP) is 3.02. The number of carbonyl (C=O) groups is 1. The number of carbonyl (C=O) groups excluding carboxylic acids is 1. The number of aromatic nitrogens is 2. The molecule has 2 aliphatic rings. The summed E-state index contributed by atoms with van der Waals surface area (Å²) in [6, 6.07) is 15.5. The topological polar surface area (TPSA) is 56.6 Å². The van der Waals surface area contributed by atoms with Gasteiger partial charge in [-0.05, 0) is 41.5 Å². The first-order valence-electron chi connectivity index (χ1n) is 9.47. The quantitative estimate of drug-likeness (QED) is 0.706. The lowest BCUT2D eigenvalue weighted by atomic mass is 10.1. The van der Waals surface area contributed by atoms with Gasteiger partial charge in [-0.1, -0.05) is 12.1 Å². The summed E-state index contributed by atoms with van der Waals surface area (Å²) in [5.41, 5.74) is 4.06. The van der Waals surface area contributed by atoms with Gasteiger partial charge >= 0.3 is 0 Å². The molecule has 1 amide bonds. The second-order valence-corrected chi connectivity index (χ2v) is 7.22. The molecule has 142 valence electrons. The molecule has 4 heterocycles. The summed E-state index contributed by atoms with van der Waals surface area (Å²) in [5, 5.41) is 0. The molecule has 1 aromatic carbocycles. The first-order valence-corrected chi connectivity index (χ1v) is 9.47. The van der Waals surface area contributed by atoms with Gasteiger partial charge in [0.2, 0.25) is 5.88 Å². The van der Waals surface area contributed by atoms with Crippen molar-refractivity contribution in [1.29, 1.82) is 0 Å². The van der Waals surface area contributed by atoms with E-state index in [1.807, 2.05) is 53.6 Å². The summed E-state index contributed by atoms with van der Waals surface area (Å²) in [7, 11) is 0. The van der Waals surface area contributed by atoms with Gasteiger partial charge in [0.15, 0.2) is 0 Å². The van der Waals surface area contributed by atoms with E-state index in [1.165, 1.54) is 0 Å². The van der Waals surface area contributed by atoms with E-state index in [0.29, 0.717) is 44.3 Å². The number of ether oxygens (including phenoxy) is 2. The van der Waals surface area contributed by atoms with E-state index in [1.54, 1.807) is 6.20 Å². The zero-order chi connectivity index (χ0) is 18.9. The number of fused-ring (bicyclic) bond motifs is 2. The van der Waals surface area contributed by atoms with Crippen molar-refractivity contribution in [3.63, 3.8) is 0 Å². The Kier molecular flexibility index (Phi) is 4.33. The van der Waals surface area contributed by atoms with Crippen LogP contribution in [0.4, 0.5) is 0 Å². The van der Waals surface area contributed by atoms with E-state index in [-0.39, 0.29) is 12.0 Å². The standard InChI is InChI=1S/C22H21N3O3/c26-22(16-6-7-17-14-27-15-18(17)10-16)25-11-19-4-3-9-24(19)12-20(13-25)28-21-5-1-2-8-23-21/h1-10,20H,11-15H2/t20-/m1/s1. The molecule has 0 fully saturated rings. The molecule has 5 rings (SSSR count). The Bertz CT molecular complexity index is 999. The molecule has 2 aromatic heterocycles. The Balaban J connectivity index is 1.42. The smallest absolute Gasteiger partial charge is 0.254 e. The summed E-state index contributed by atoms with van der Waals surface area (Å²) in [5.74, 6) is 0.587. The highest BCUT2D eigenvalue weighted by atomic mass is 16.5. The fourth-order valence-electron chi connectivity index (χ4n) is 3.86. The first-order chi connectivity index (χ1) is 13.8. The lowest BCUT2D eigenvalue weighted by Gasteiger charge is -2.25. The van der Waals surface area contributed by atoms with Crippen molar-refractivity contribution >= 4 is 5.91 Å². The highest BCUT2D eigenvalue weighted by Crippen LogP contribution is 2.23. The molecule has 6 heteroatoms. The molecule has 0 saturated heterocycles. The molecule has 0 aliphatic carbocycles. The van der Waals surface area contributed by atoms with Crippen LogP contribution in [0.15, 0.2) is 60.9 Å². The SMILES string of the molecule is O=C(c1ccc2c(c1)COC2)N1Cc2cccn2C[C@@H](Oc2ccccn2)C1. The first kappa shape index (κ1) is 17.0. The maximum Gasteiger partial charge on any atom is 0.254 e. The number of benzene rings is 1. The number of amides is 1. The Morgan fingerprint density at radius 2 is 2.00 bits per heavy atom. The van der Waals surface area contributed by atoms with Crippen molar-refractivity contribution in [2.45, 2.75) is 32.4 Å². The third kappa shape index (κ3) is 3.27. The van der Waals surface area contributed by atoms with Crippen LogP contribution < -0.4 is 4.74 Å². The maximum atomic E-state index is 13.3. The second kappa shape index (κ2) is 7.13. The van der Waals surface area contributed by atoms with Gasteiger partial charge < -0.3 is 18.9 Å². The van der Waals surface area contributed by atoms with Crippen molar-refractivity contribution in [3.05, 3.63) is 83.3 Å². The van der Waals surface area contributed by atoms with Crippen LogP contribution in [0, 0.1) is 0 Å². The van der Waals surface area contributed by atoms with E-state index in [4.69, 9.17) is 9.47 Å². The lowest BCUT2D eigenvalue weighted by Crippen LogP contribution is -2.38. The van der Waals surface area contributed by atoms with E-state index in [9.17, 15) is 4.79 Å². The average molecular weight is 375 g/mol. The van der Waals surface area contributed by atoms with Gasteiger partial charge in [0.25, 0.3) is 5.91 Å². The monoisotopic (exact) mass is 375 g/mol. The van der Waals surface area contributed by atoms with Gasteiger partial charge in [0, 0.05) is 29.7 Å². The van der Waals surface area contributed by atoms with Gasteiger partial charge in [0.1, 0.15) is 6.10 Å². The minimum atomic E-state index is -0.176. The van der Waals surface area contributed by atoms with Crippen LogP contribution in [0.25, 0.3) is 0 Å². The van der Waals surface area contributed by atoms with Crippen LogP contribution >= 0.6 is 0 Å². The molecule has 0 N–H and O–H groups in total. The number of hydrogen-bond donors (Lipinski definition) is 0. The van der Waals surface area contributed by atoms with E-state index in [0.717, 1.165) is 16.8 Å². The van der Waals surface area contributed by atoms with Crippen LogP contribution in [0.2, 0.25) is 0 Å². The summed E-state index contributed by atoms with van der Waals surface area (Å²) in [4.78, 5) is 19.4. The van der Waals surface area contributed by atoms with E-state index < -0.39 is 0 Å². The molecule has 28 heavy (non-hydrogen) atoms. The fraction of sp³-hybridized carbons (Fsp3) is 0.273. The molecular weight excluding hydrogens is 354 g/mol. The Morgan fingerprint density at radius 3 is 2.89 bits per heavy atom. The molecule has 2 aliphatic heterocycles. The summed E-state index contributed by atoms with van der Waals surface area (Å²) >= 11 is 0. The van der Waals surface area contributed by atoms with Crippen LogP contribution in [-0.2, 0) is 31.0 Å². The van der Waals surface area contributed by atoms with Gasteiger partial charge in [-0.3, -0.25) is 4.79 Å². The van der Waals surface area contributed by atoms with Gasteiger partial charge in [-0.15, -0.1) is 0 Å². The molecular formula is C22H21N3O3. The normalized spacial score (nSPS) is 18.3. The Hall–Kier alpha value is -3.12. The number of nitrogens with zero attached hydrogens (tertiary/aromatic N) is 3. The fourth-order valence-corrected chi connectivity index (χ4v) is 3.86. The third-order valence-corrected chi connectivity index (χ3v) is 5.28. The molecule has 3 aromatic rings. The van der Waals surface area contributed by atoms with Crippen molar-refractivity contribution in [2.24, 2.45) is 0 Å². The Morgan fingerprint density at radius 1 is 1.07 bits per heavy atom. The zero-order valence-electron chi connectivity index (χ0n) is 15.5. The second-order valence-electron chi connectivity index (χ2n) is 7.22. The van der Waals surface area contributed by atoms with Crippen LogP contribution in [0.1, 0.15) is 27.2 Å². The summed E-state index contributed by atoms with van der Waals surface area (Å²) in [6.45, 7) is 2.94. The molecule has 0 spiro atoms. The van der Waals surface area contributed by atoms with Crippen molar-refractivity contribution < 1.29 is 14.3 Å². The van der Waals surface area contributed by atoms with Crippen molar-refractivity contribution in [1.82, 2.24) is 14.5 Å². The molecule has 0 unspecified atom stereocenters. The summed E-state index contributed by atoms with van der Waals surface area (Å²) in [6.07, 6.45) is 3.57. The Labute approximate surface area is 163 Å². The third-order valence-electron chi connectivity index (χ3n) is 5.28. The summed E-state index contributed by atoms with van der Waals surface area (Å²) < 4.78 is 13.7. The van der Waals surface area contributed by atoms with E-state index >= 15 is 0 Å². The highest BCUT2D eigenvalue weighted by Gasteiger charge is 2.27. The number of rotatable bonds is 3. The van der Waals surface area contributed by atoms with E-state index in [2.05, 4.69) is 15.6 Å². The number of pyridine rings is 1. The predicted molar refractivity (Wildman–Crippen MR) is 103 cm³/mol. The zero-order valence-corrected chi connectivity index (χ0v) is 15.5. The molecule has 0 bridgehead atoms. The van der Waals surface area contributed by atoms with Gasteiger partial charge in [-0.2, -0.15) is 0 Å². The molecule has 0 saturated carbocycles. The van der Waals surface area contributed by atoms with Crippen molar-refractivity contribution in [2.75, 3.05) is 6.54 Å². The van der Waals surface area contributed by atoms with Crippen LogP contribution in [0.3, 0.4) is 0 Å². The molecule has 6 nitrogen and oxygen atoms in total.